The van der Waals surface area contributed by atoms with Crippen LogP contribution < -0.4 is 5.32 Å². The van der Waals surface area contributed by atoms with E-state index in [4.69, 9.17) is 18.2 Å². The summed E-state index contributed by atoms with van der Waals surface area (Å²) >= 11 is 6.20. The second-order valence-electron chi connectivity index (χ2n) is 6.65. The van der Waals surface area contributed by atoms with Gasteiger partial charge in [-0.25, -0.2) is 21.5 Å². The Labute approximate surface area is 166 Å². The maximum absolute atomic E-state index is 12.8. The Morgan fingerprint density at radius 1 is 1.29 bits per heavy atom. The van der Waals surface area contributed by atoms with Gasteiger partial charge in [0.1, 0.15) is 6.33 Å². The molecule has 0 spiro atoms. The molecule has 1 N–H and O–H groups in total. The molecule has 4 rings (SSSR count). The van der Waals surface area contributed by atoms with Crippen LogP contribution in [0.2, 0.25) is 5.02 Å². The minimum atomic E-state index is -0.531. The SMILES string of the molecule is [C-]#[N+]C1(c2cc(Cl)cc(C(=O)N[C@H](C)c3ncnn3-c3ncccn3)c2)CC1. The summed E-state index contributed by atoms with van der Waals surface area (Å²) in [6.07, 6.45) is 6.17. The fourth-order valence-electron chi connectivity index (χ4n) is 3.02. The molecule has 140 valence electrons. The second kappa shape index (κ2) is 7.02. The topological polar surface area (TPSA) is 90.0 Å². The molecule has 1 aromatic carbocycles. The number of benzene rings is 1. The van der Waals surface area contributed by atoms with Gasteiger partial charge in [-0.15, -0.1) is 0 Å². The third kappa shape index (κ3) is 3.32. The average Bonchev–Trinajstić information content (AvgIpc) is 3.36. The van der Waals surface area contributed by atoms with Crippen molar-refractivity contribution >= 4 is 17.5 Å². The summed E-state index contributed by atoms with van der Waals surface area (Å²) in [6, 6.07) is 6.35. The molecule has 0 radical (unpaired) electrons. The van der Waals surface area contributed by atoms with E-state index in [0.717, 1.165) is 18.4 Å². The van der Waals surface area contributed by atoms with Gasteiger partial charge in [-0.05, 0) is 31.2 Å². The van der Waals surface area contributed by atoms with Crippen LogP contribution >= 0.6 is 11.6 Å². The molecule has 0 aliphatic heterocycles. The summed E-state index contributed by atoms with van der Waals surface area (Å²) in [5.74, 6) is 0.566. The number of carbonyl (C=O) groups excluding carboxylic acids is 1. The van der Waals surface area contributed by atoms with Gasteiger partial charge < -0.3 is 10.2 Å². The molecule has 3 aromatic rings. The van der Waals surface area contributed by atoms with Crippen LogP contribution in [-0.4, -0.2) is 30.6 Å². The Kier molecular flexibility index (Phi) is 4.53. The molecule has 1 aliphatic rings. The minimum absolute atomic E-state index is 0.305. The second-order valence-corrected chi connectivity index (χ2v) is 7.08. The first-order chi connectivity index (χ1) is 13.5. The van der Waals surface area contributed by atoms with Crippen LogP contribution in [-0.2, 0) is 5.54 Å². The Balaban J connectivity index is 1.57. The van der Waals surface area contributed by atoms with Gasteiger partial charge in [-0.2, -0.15) is 9.78 Å². The standard InChI is InChI=1S/C19H16ClN7O/c1-12(16-24-11-25-27(16)18-22-6-3-7-23-18)26-17(28)13-8-14(10-15(20)9-13)19(21-2)4-5-19/h3,6-12H,4-5H2,1H3,(H,26,28)/t12-/m1/s1. The molecule has 2 heterocycles. The maximum atomic E-state index is 12.8. The number of aromatic nitrogens is 5. The van der Waals surface area contributed by atoms with Crippen molar-refractivity contribution in [1.82, 2.24) is 30.0 Å². The Hall–Kier alpha value is -3.31. The van der Waals surface area contributed by atoms with E-state index in [9.17, 15) is 4.79 Å². The first-order valence-electron chi connectivity index (χ1n) is 8.70. The molecule has 0 saturated heterocycles. The zero-order valence-corrected chi connectivity index (χ0v) is 15.8. The lowest BCUT2D eigenvalue weighted by Crippen LogP contribution is -2.29. The first-order valence-corrected chi connectivity index (χ1v) is 9.08. The largest absolute Gasteiger partial charge is 0.342 e. The number of amides is 1. The van der Waals surface area contributed by atoms with E-state index in [1.165, 1.54) is 11.0 Å². The zero-order valence-electron chi connectivity index (χ0n) is 15.0. The van der Waals surface area contributed by atoms with Gasteiger partial charge in [0.2, 0.25) is 0 Å². The van der Waals surface area contributed by atoms with E-state index < -0.39 is 11.6 Å². The van der Waals surface area contributed by atoms with Gasteiger partial charge in [0, 0.05) is 41.4 Å². The Bertz CT molecular complexity index is 1070. The van der Waals surface area contributed by atoms with E-state index in [1.807, 2.05) is 0 Å². The predicted octanol–water partition coefficient (Wildman–Crippen LogP) is 3.11. The lowest BCUT2D eigenvalue weighted by Gasteiger charge is -2.15. The molecular formula is C19H16ClN7O. The van der Waals surface area contributed by atoms with Crippen molar-refractivity contribution in [3.05, 3.63) is 76.4 Å². The molecule has 0 bridgehead atoms. The summed E-state index contributed by atoms with van der Waals surface area (Å²) in [5.41, 5.74) is 0.663. The monoisotopic (exact) mass is 393 g/mol. The molecule has 2 aromatic heterocycles. The lowest BCUT2D eigenvalue weighted by molar-refractivity contribution is 0.0937. The van der Waals surface area contributed by atoms with Crippen molar-refractivity contribution < 1.29 is 4.79 Å². The fourth-order valence-corrected chi connectivity index (χ4v) is 3.25. The molecule has 28 heavy (non-hydrogen) atoms. The number of carbonyl (C=O) groups is 1. The van der Waals surface area contributed by atoms with Crippen molar-refractivity contribution in [1.29, 1.82) is 0 Å². The number of hydrogen-bond donors (Lipinski definition) is 1. The average molecular weight is 394 g/mol. The van der Waals surface area contributed by atoms with Crippen LogP contribution in [0.1, 0.15) is 47.6 Å². The molecular weight excluding hydrogens is 378 g/mol. The van der Waals surface area contributed by atoms with Crippen molar-refractivity contribution in [2.45, 2.75) is 31.3 Å². The van der Waals surface area contributed by atoms with Crippen LogP contribution in [0, 0.1) is 6.57 Å². The summed E-state index contributed by atoms with van der Waals surface area (Å²) in [6.45, 7) is 9.22. The van der Waals surface area contributed by atoms with Gasteiger partial charge >= 0.3 is 0 Å². The number of rotatable bonds is 5. The van der Waals surface area contributed by atoms with Gasteiger partial charge in [-0.1, -0.05) is 11.6 Å². The zero-order chi connectivity index (χ0) is 19.7. The van der Waals surface area contributed by atoms with E-state index in [1.54, 1.807) is 43.6 Å². The normalized spacial score (nSPS) is 15.5. The van der Waals surface area contributed by atoms with Crippen LogP contribution in [0.5, 0.6) is 0 Å². The third-order valence-electron chi connectivity index (χ3n) is 4.69. The third-order valence-corrected chi connectivity index (χ3v) is 4.90. The number of nitrogens with one attached hydrogen (secondary N) is 1. The molecule has 0 unspecified atom stereocenters. The molecule has 1 aliphatic carbocycles. The number of nitrogens with zero attached hydrogens (tertiary/aromatic N) is 6. The summed E-state index contributed by atoms with van der Waals surface area (Å²) < 4.78 is 1.48. The van der Waals surface area contributed by atoms with Crippen LogP contribution in [0.3, 0.4) is 0 Å². The van der Waals surface area contributed by atoms with Crippen LogP contribution in [0.15, 0.2) is 43.0 Å². The highest BCUT2D eigenvalue weighted by atomic mass is 35.5. The fraction of sp³-hybridized carbons (Fsp3) is 0.263. The molecule has 1 atom stereocenters. The quantitative estimate of drug-likeness (QED) is 0.672. The Morgan fingerprint density at radius 2 is 2.04 bits per heavy atom. The van der Waals surface area contributed by atoms with Crippen molar-refractivity contribution in [2.75, 3.05) is 0 Å². The summed E-state index contributed by atoms with van der Waals surface area (Å²) in [5, 5.41) is 7.48. The van der Waals surface area contributed by atoms with E-state index >= 15 is 0 Å². The maximum Gasteiger partial charge on any atom is 0.258 e. The predicted molar refractivity (Wildman–Crippen MR) is 102 cm³/mol. The number of hydrogen-bond acceptors (Lipinski definition) is 5. The Morgan fingerprint density at radius 3 is 2.71 bits per heavy atom. The molecule has 1 saturated carbocycles. The lowest BCUT2D eigenvalue weighted by atomic mass is 10.0. The smallest absolute Gasteiger partial charge is 0.258 e. The number of halogens is 1. The minimum Gasteiger partial charge on any atom is -0.342 e. The van der Waals surface area contributed by atoms with E-state index in [-0.39, 0.29) is 5.91 Å². The van der Waals surface area contributed by atoms with Crippen molar-refractivity contribution in [2.24, 2.45) is 0 Å². The van der Waals surface area contributed by atoms with Crippen molar-refractivity contribution in [3.63, 3.8) is 0 Å². The van der Waals surface area contributed by atoms with Gasteiger partial charge in [0.15, 0.2) is 5.82 Å². The van der Waals surface area contributed by atoms with E-state index in [0.29, 0.717) is 22.4 Å². The molecule has 9 heteroatoms. The molecule has 1 fully saturated rings. The molecule has 1 amide bonds. The summed E-state index contributed by atoms with van der Waals surface area (Å²) in [7, 11) is 0. The van der Waals surface area contributed by atoms with Gasteiger partial charge in [0.25, 0.3) is 17.4 Å². The van der Waals surface area contributed by atoms with Crippen LogP contribution in [0.25, 0.3) is 10.8 Å². The highest BCUT2D eigenvalue weighted by Gasteiger charge is 2.52. The highest BCUT2D eigenvalue weighted by Crippen LogP contribution is 2.50. The van der Waals surface area contributed by atoms with Gasteiger partial charge in [0.05, 0.1) is 6.04 Å². The van der Waals surface area contributed by atoms with Gasteiger partial charge in [-0.3, -0.25) is 4.79 Å². The first kappa shape index (κ1) is 18.1. The summed E-state index contributed by atoms with van der Waals surface area (Å²) in [4.78, 5) is 29.1. The highest BCUT2D eigenvalue weighted by molar-refractivity contribution is 6.31. The van der Waals surface area contributed by atoms with Crippen molar-refractivity contribution in [3.8, 4) is 5.95 Å². The molecule has 8 nitrogen and oxygen atoms in total. The van der Waals surface area contributed by atoms with E-state index in [2.05, 4.69) is 30.2 Å². The van der Waals surface area contributed by atoms with Crippen LogP contribution in [0.4, 0.5) is 0 Å².